The summed E-state index contributed by atoms with van der Waals surface area (Å²) in [6, 6.07) is 0.135. The van der Waals surface area contributed by atoms with Crippen LogP contribution in [0.15, 0.2) is 28.7 Å². The molecule has 0 aromatic heterocycles. The third-order valence-corrected chi connectivity index (χ3v) is 11.7. The first-order valence-corrected chi connectivity index (χ1v) is 15.6. The first kappa shape index (κ1) is 29.4. The summed E-state index contributed by atoms with van der Waals surface area (Å²) in [5, 5.41) is 48.4. The minimum absolute atomic E-state index is 0.0229. The fourth-order valence-electron chi connectivity index (χ4n) is 10.5. The Labute approximate surface area is 254 Å². The summed E-state index contributed by atoms with van der Waals surface area (Å²) in [5.41, 5.74) is 1.68. The van der Waals surface area contributed by atoms with E-state index >= 15 is 4.39 Å². The molecule has 0 saturated heterocycles. The predicted molar refractivity (Wildman–Crippen MR) is 156 cm³/mol. The number of likely N-dealkylation sites (N-methyl/N-ethyl adjacent to an activating group) is 1. The van der Waals surface area contributed by atoms with Crippen LogP contribution in [0.5, 0.6) is 5.75 Å². The first-order valence-electron chi connectivity index (χ1n) is 15.6. The van der Waals surface area contributed by atoms with Gasteiger partial charge in [0.15, 0.2) is 11.4 Å². The Morgan fingerprint density at radius 1 is 1.07 bits per heavy atom. The Balaban J connectivity index is 1.20. The number of phenols is 1. The Morgan fingerprint density at radius 3 is 2.25 bits per heavy atom. The fraction of sp³-hybridized carbons (Fsp3) is 0.606. The van der Waals surface area contributed by atoms with Gasteiger partial charge in [0, 0.05) is 35.7 Å². The average Bonchev–Trinajstić information content (AvgIpc) is 2.92. The minimum atomic E-state index is -2.72. The average molecular weight is 610 g/mol. The molecule has 0 unspecified atom stereocenters. The number of aromatic hydroxyl groups is 1. The molecule has 44 heavy (non-hydrogen) atoms. The molecule has 11 heteroatoms. The van der Waals surface area contributed by atoms with Crippen molar-refractivity contribution in [2.45, 2.75) is 69.6 Å². The maximum absolute atomic E-state index is 16.1. The highest BCUT2D eigenvalue weighted by Crippen LogP contribution is 2.60. The Kier molecular flexibility index (Phi) is 6.59. The second-order valence-corrected chi connectivity index (χ2v) is 14.7. The molecule has 0 aliphatic heterocycles. The number of phenolic OH excluding ortho intramolecular Hbond substituents is 1. The molecular weight excluding hydrogens is 569 g/mol. The molecule has 7 N–H and O–H groups in total. The van der Waals surface area contributed by atoms with Crippen LogP contribution >= 0.6 is 0 Å². The number of aliphatic hydroxyl groups is 3. The molecule has 0 spiro atoms. The molecule has 8 rings (SSSR count). The van der Waals surface area contributed by atoms with Gasteiger partial charge in [-0.25, -0.2) is 4.39 Å². The van der Waals surface area contributed by atoms with Crippen LogP contribution in [0.2, 0.25) is 0 Å². The van der Waals surface area contributed by atoms with Crippen LogP contribution in [-0.4, -0.2) is 75.1 Å². The standard InChI is InChI=1S/C33H40FN3O7/c1-37(2)26-20-7-17-6-19-23(27(39)22(17)29(41)33(20,44)30(42)24(28(26)40)31(35)43)21(38)8-18(25(19)34)12-36-13-32-9-14-3-15(10-32)5-16(4-14)11-32/h8,14-17,20,26,36,38,40-41,44H,3-7,9-13H2,1-2H3,(H2,35,43)/t14?,15?,16?,17-,20-,26-,32?,33-/m0/s1. The summed E-state index contributed by atoms with van der Waals surface area (Å²) in [5.74, 6) is -5.73. The number of nitrogens with zero attached hydrogens (tertiary/aromatic N) is 1. The molecule has 4 atom stereocenters. The van der Waals surface area contributed by atoms with Crippen LogP contribution < -0.4 is 11.1 Å². The van der Waals surface area contributed by atoms with E-state index in [1.807, 2.05) is 0 Å². The Bertz CT molecular complexity index is 1530. The van der Waals surface area contributed by atoms with Gasteiger partial charge in [-0.1, -0.05) is 0 Å². The van der Waals surface area contributed by atoms with Crippen molar-refractivity contribution in [3.63, 3.8) is 0 Å². The van der Waals surface area contributed by atoms with Crippen LogP contribution in [0.4, 0.5) is 4.39 Å². The molecule has 7 aliphatic carbocycles. The predicted octanol–water partition coefficient (Wildman–Crippen LogP) is 2.57. The molecule has 0 heterocycles. The van der Waals surface area contributed by atoms with Crippen molar-refractivity contribution >= 4 is 17.5 Å². The van der Waals surface area contributed by atoms with Crippen molar-refractivity contribution in [3.8, 4) is 5.75 Å². The number of fused-ring (bicyclic) bond motifs is 3. The van der Waals surface area contributed by atoms with Crippen molar-refractivity contribution in [1.29, 1.82) is 0 Å². The molecular formula is C33H40FN3O7. The van der Waals surface area contributed by atoms with Gasteiger partial charge in [0.2, 0.25) is 5.78 Å². The lowest BCUT2D eigenvalue weighted by molar-refractivity contribution is -0.148. The largest absolute Gasteiger partial charge is 0.510 e. The molecule has 1 aromatic carbocycles. The number of halogens is 1. The van der Waals surface area contributed by atoms with Crippen molar-refractivity contribution in [2.75, 3.05) is 20.6 Å². The van der Waals surface area contributed by atoms with Crippen molar-refractivity contribution in [1.82, 2.24) is 10.2 Å². The first-order chi connectivity index (χ1) is 20.8. The van der Waals surface area contributed by atoms with Gasteiger partial charge < -0.3 is 31.5 Å². The van der Waals surface area contributed by atoms with E-state index in [4.69, 9.17) is 5.73 Å². The summed E-state index contributed by atoms with van der Waals surface area (Å²) < 4.78 is 16.1. The van der Waals surface area contributed by atoms with Gasteiger partial charge in [-0.3, -0.25) is 19.3 Å². The third kappa shape index (κ3) is 4.04. The van der Waals surface area contributed by atoms with Gasteiger partial charge in [0.1, 0.15) is 28.7 Å². The lowest BCUT2D eigenvalue weighted by Crippen LogP contribution is -2.63. The SMILES string of the molecule is CN(C)[C@@H]1C(O)=C(C(N)=O)C(=O)[C@@]2(O)C(O)=C3C(=O)c4c(O)cc(CNCC56CC7CC(CC(C7)C5)C6)c(F)c4C[C@H]3C[C@@H]12. The summed E-state index contributed by atoms with van der Waals surface area (Å²) in [7, 11) is 3.13. The van der Waals surface area contributed by atoms with Gasteiger partial charge in [-0.2, -0.15) is 0 Å². The molecule has 0 radical (unpaired) electrons. The lowest BCUT2D eigenvalue weighted by atomic mass is 9.49. The monoisotopic (exact) mass is 609 g/mol. The number of amides is 1. The molecule has 10 nitrogen and oxygen atoms in total. The number of nitrogens with two attached hydrogens (primary N) is 1. The number of primary amides is 1. The number of Topliss-reactive ketones (excluding diaryl/α,β-unsaturated/α-hetero) is 2. The second kappa shape index (κ2) is 9.86. The minimum Gasteiger partial charge on any atom is -0.510 e. The maximum Gasteiger partial charge on any atom is 0.255 e. The number of nitrogens with one attached hydrogen (secondary N) is 1. The molecule has 4 fully saturated rings. The summed E-state index contributed by atoms with van der Waals surface area (Å²) in [4.78, 5) is 40.8. The Morgan fingerprint density at radius 2 is 1.68 bits per heavy atom. The highest BCUT2D eigenvalue weighted by molar-refractivity contribution is 6.24. The van der Waals surface area contributed by atoms with E-state index in [2.05, 4.69) is 5.32 Å². The van der Waals surface area contributed by atoms with Gasteiger partial charge in [0.25, 0.3) is 5.91 Å². The second-order valence-electron chi connectivity index (χ2n) is 14.7. The zero-order valence-electron chi connectivity index (χ0n) is 25.0. The van der Waals surface area contributed by atoms with Crippen LogP contribution in [0.25, 0.3) is 0 Å². The number of benzene rings is 1. The number of carbonyl (C=O) groups is 3. The van der Waals surface area contributed by atoms with Gasteiger partial charge in [-0.05, 0) is 101 Å². The number of hydrogen-bond donors (Lipinski definition) is 6. The van der Waals surface area contributed by atoms with Crippen LogP contribution in [-0.2, 0) is 22.6 Å². The highest BCUT2D eigenvalue weighted by Gasteiger charge is 2.63. The molecule has 1 aromatic rings. The van der Waals surface area contributed by atoms with Crippen LogP contribution in [0.1, 0.15) is 66.4 Å². The summed E-state index contributed by atoms with van der Waals surface area (Å²) in [6.07, 6.45) is 7.45. The molecule has 236 valence electrons. The van der Waals surface area contributed by atoms with E-state index in [0.29, 0.717) is 0 Å². The van der Waals surface area contributed by atoms with Crippen molar-refractivity contribution in [2.24, 2.45) is 40.7 Å². The van der Waals surface area contributed by atoms with E-state index in [1.165, 1.54) is 49.5 Å². The van der Waals surface area contributed by atoms with Gasteiger partial charge in [-0.15, -0.1) is 0 Å². The molecule has 4 saturated carbocycles. The van der Waals surface area contributed by atoms with Gasteiger partial charge >= 0.3 is 0 Å². The fourth-order valence-corrected chi connectivity index (χ4v) is 10.5. The maximum atomic E-state index is 16.1. The van der Waals surface area contributed by atoms with E-state index in [9.17, 15) is 34.8 Å². The van der Waals surface area contributed by atoms with Gasteiger partial charge in [0.05, 0.1) is 11.6 Å². The topological polar surface area (TPSA) is 173 Å². The van der Waals surface area contributed by atoms with E-state index in [0.717, 1.165) is 24.3 Å². The molecule has 7 aliphatic rings. The number of rotatable bonds is 6. The summed E-state index contributed by atoms with van der Waals surface area (Å²) >= 11 is 0. The quantitative estimate of drug-likeness (QED) is 0.265. The number of allylic oxidation sites excluding steroid dienone is 1. The zero-order valence-corrected chi connectivity index (χ0v) is 25.0. The van der Waals surface area contributed by atoms with Crippen molar-refractivity contribution in [3.05, 3.63) is 51.2 Å². The third-order valence-electron chi connectivity index (χ3n) is 11.7. The number of carbonyl (C=O) groups excluding carboxylic acids is 3. The summed E-state index contributed by atoms with van der Waals surface area (Å²) in [6.45, 7) is 0.968. The smallest absolute Gasteiger partial charge is 0.255 e. The molecule has 4 bridgehead atoms. The number of hydrogen-bond acceptors (Lipinski definition) is 9. The number of ketones is 2. The van der Waals surface area contributed by atoms with Crippen LogP contribution in [0.3, 0.4) is 0 Å². The van der Waals surface area contributed by atoms with E-state index in [-0.39, 0.29) is 47.1 Å². The van der Waals surface area contributed by atoms with Crippen molar-refractivity contribution < 1.29 is 39.2 Å². The van der Waals surface area contributed by atoms with E-state index < -0.39 is 69.6 Å². The number of aliphatic hydroxyl groups excluding tert-OH is 2. The Hall–Kier alpha value is -3.28. The lowest BCUT2D eigenvalue weighted by Gasteiger charge is -2.57. The normalized spacial score (nSPS) is 37.4. The van der Waals surface area contributed by atoms with Crippen LogP contribution in [0, 0.1) is 40.8 Å². The molecule has 1 amide bonds. The highest BCUT2D eigenvalue weighted by atomic mass is 19.1. The zero-order chi connectivity index (χ0) is 31.5. The van der Waals surface area contributed by atoms with E-state index in [1.54, 1.807) is 14.1 Å².